The Morgan fingerprint density at radius 1 is 0.914 bits per heavy atom. The van der Waals surface area contributed by atoms with Crippen LogP contribution in [0.5, 0.6) is 5.75 Å². The number of allylic oxidation sites excluding steroid dienone is 3. The maximum absolute atomic E-state index is 13.9. The third kappa shape index (κ3) is 4.35. The molecular formula is C24H17BrF5NO3S. The molecule has 11 heteroatoms. The van der Waals surface area contributed by atoms with Crippen molar-refractivity contribution in [2.45, 2.75) is 18.7 Å². The van der Waals surface area contributed by atoms with Crippen LogP contribution < -0.4 is 9.74 Å². The lowest BCUT2D eigenvalue weighted by molar-refractivity contribution is 0.297. The summed E-state index contributed by atoms with van der Waals surface area (Å²) in [6.07, 6.45) is 1.81. The van der Waals surface area contributed by atoms with Gasteiger partial charge in [-0.1, -0.05) is 29.8 Å². The van der Waals surface area contributed by atoms with Gasteiger partial charge in [-0.15, -0.1) is 0 Å². The smallest absolute Gasteiger partial charge is 0.255 e. The van der Waals surface area contributed by atoms with Gasteiger partial charge in [0.1, 0.15) is 5.76 Å². The summed E-state index contributed by atoms with van der Waals surface area (Å²) in [5, 5.41) is 0.576. The molecule has 1 aliphatic carbocycles. The van der Waals surface area contributed by atoms with E-state index in [4.69, 9.17) is 8.92 Å². The van der Waals surface area contributed by atoms with Crippen LogP contribution >= 0.6 is 28.0 Å². The van der Waals surface area contributed by atoms with Crippen molar-refractivity contribution >= 4 is 44.6 Å². The van der Waals surface area contributed by atoms with E-state index in [9.17, 15) is 26.7 Å². The summed E-state index contributed by atoms with van der Waals surface area (Å²) >= 11 is 3.95. The Kier molecular flexibility index (Phi) is 7.01. The zero-order valence-electron chi connectivity index (χ0n) is 18.5. The van der Waals surface area contributed by atoms with E-state index in [0.717, 1.165) is 4.48 Å². The van der Waals surface area contributed by atoms with Crippen molar-refractivity contribution in [1.82, 2.24) is 4.57 Å². The zero-order chi connectivity index (χ0) is 25.6. The fourth-order valence-electron chi connectivity index (χ4n) is 3.78. The van der Waals surface area contributed by atoms with E-state index in [1.54, 1.807) is 18.2 Å². The molecule has 0 N–H and O–H groups in total. The van der Waals surface area contributed by atoms with Crippen molar-refractivity contribution in [3.8, 4) is 5.75 Å². The number of fused-ring (bicyclic) bond motifs is 1. The quantitative estimate of drug-likeness (QED) is 0.140. The molecule has 35 heavy (non-hydrogen) atoms. The number of pyridine rings is 1. The van der Waals surface area contributed by atoms with Crippen LogP contribution in [0.1, 0.15) is 13.8 Å². The molecule has 2 atom stereocenters. The number of nitrogens with zero attached hydrogens (tertiary/aromatic N) is 1. The van der Waals surface area contributed by atoms with Gasteiger partial charge >= 0.3 is 0 Å². The van der Waals surface area contributed by atoms with Crippen LogP contribution in [0.2, 0.25) is 0 Å². The van der Waals surface area contributed by atoms with Gasteiger partial charge in [0.2, 0.25) is 34.8 Å². The van der Waals surface area contributed by atoms with Gasteiger partial charge in [-0.05, 0) is 36.3 Å². The molecule has 2 aromatic carbocycles. The Morgan fingerprint density at radius 2 is 1.54 bits per heavy atom. The highest BCUT2D eigenvalue weighted by molar-refractivity contribution is 9.11. The Labute approximate surface area is 209 Å². The molecule has 0 fully saturated rings. The lowest BCUT2D eigenvalue weighted by atomic mass is 9.87. The summed E-state index contributed by atoms with van der Waals surface area (Å²) in [6, 6.07) is 7.60. The molecule has 1 aromatic heterocycles. The van der Waals surface area contributed by atoms with Gasteiger partial charge in [-0.3, -0.25) is 9.36 Å². The van der Waals surface area contributed by atoms with E-state index in [-0.39, 0.29) is 17.4 Å². The minimum atomic E-state index is -2.26. The van der Waals surface area contributed by atoms with E-state index in [0.29, 0.717) is 39.3 Å². The highest BCUT2D eigenvalue weighted by atomic mass is 79.9. The second-order valence-corrected chi connectivity index (χ2v) is 9.57. The number of rotatable bonds is 5. The molecule has 0 aliphatic heterocycles. The second kappa shape index (κ2) is 9.69. The van der Waals surface area contributed by atoms with E-state index in [1.807, 2.05) is 19.9 Å². The largest absolute Gasteiger partial charge is 0.495 e. The predicted molar refractivity (Wildman–Crippen MR) is 126 cm³/mol. The predicted octanol–water partition coefficient (Wildman–Crippen LogP) is 7.16. The molecule has 0 saturated carbocycles. The summed E-state index contributed by atoms with van der Waals surface area (Å²) in [4.78, 5) is 13.2. The Bertz CT molecular complexity index is 1440. The second-order valence-electron chi connectivity index (χ2n) is 7.85. The fraction of sp³-hybridized carbons (Fsp3) is 0.208. The van der Waals surface area contributed by atoms with Gasteiger partial charge in [0.15, 0.2) is 0 Å². The average molecular weight is 574 g/mol. The van der Waals surface area contributed by atoms with Crippen molar-refractivity contribution < 1.29 is 30.9 Å². The summed E-state index contributed by atoms with van der Waals surface area (Å²) < 4.78 is 80.8. The molecule has 3 aromatic rings. The number of hydrogen-bond acceptors (Lipinski definition) is 4. The van der Waals surface area contributed by atoms with E-state index in [2.05, 4.69) is 15.9 Å². The van der Waals surface area contributed by atoms with Crippen LogP contribution in [0.4, 0.5) is 22.0 Å². The minimum Gasteiger partial charge on any atom is -0.495 e. The summed E-state index contributed by atoms with van der Waals surface area (Å²) in [7, 11) is 1.51. The lowest BCUT2D eigenvalue weighted by Gasteiger charge is -2.30. The first-order valence-electron chi connectivity index (χ1n) is 10.2. The molecule has 0 saturated heterocycles. The highest BCUT2D eigenvalue weighted by Crippen LogP contribution is 2.40. The fourth-order valence-corrected chi connectivity index (χ4v) is 5.01. The topological polar surface area (TPSA) is 40.5 Å². The summed E-state index contributed by atoms with van der Waals surface area (Å²) in [6.45, 7) is 3.99. The molecule has 4 nitrogen and oxygen atoms in total. The van der Waals surface area contributed by atoms with Gasteiger partial charge in [0.25, 0.3) is 5.56 Å². The molecule has 0 bridgehead atoms. The first-order chi connectivity index (χ1) is 16.6. The zero-order valence-corrected chi connectivity index (χ0v) is 20.9. The van der Waals surface area contributed by atoms with Gasteiger partial charge in [-0.2, -0.15) is 8.78 Å². The van der Waals surface area contributed by atoms with Crippen LogP contribution in [0.3, 0.4) is 0 Å². The van der Waals surface area contributed by atoms with Gasteiger partial charge in [0.05, 0.1) is 30.4 Å². The summed E-state index contributed by atoms with van der Waals surface area (Å²) in [5.41, 5.74) is 0.913. The average Bonchev–Trinajstić information content (AvgIpc) is 2.85. The molecule has 0 radical (unpaired) electrons. The van der Waals surface area contributed by atoms with Crippen LogP contribution in [0.25, 0.3) is 16.6 Å². The van der Waals surface area contributed by atoms with E-state index < -0.39 is 34.8 Å². The van der Waals surface area contributed by atoms with E-state index >= 15 is 0 Å². The number of ether oxygens (including phenoxy) is 1. The van der Waals surface area contributed by atoms with E-state index in [1.165, 1.54) is 23.8 Å². The first kappa shape index (κ1) is 25.3. The Morgan fingerprint density at radius 3 is 2.17 bits per heavy atom. The molecule has 4 rings (SSSR count). The maximum Gasteiger partial charge on any atom is 0.255 e. The number of halogens is 6. The number of aromatic nitrogens is 1. The highest BCUT2D eigenvalue weighted by Gasteiger charge is 2.30. The van der Waals surface area contributed by atoms with Crippen molar-refractivity contribution in [1.29, 1.82) is 0 Å². The SMILES string of the molecule is COC1=C(n2c(=O)ccc3cc(SOc4c(F)c(F)c(F)c(F)c4F)ccc32)C(C)C(C)C(Br)=C1. The Balaban J connectivity index is 1.76. The Hall–Kier alpha value is -2.79. The van der Waals surface area contributed by atoms with Crippen LogP contribution in [-0.2, 0) is 4.74 Å². The molecule has 1 heterocycles. The van der Waals surface area contributed by atoms with Gasteiger partial charge < -0.3 is 8.92 Å². The molecule has 1 aliphatic rings. The first-order valence-corrected chi connectivity index (χ1v) is 11.8. The van der Waals surface area contributed by atoms with Crippen molar-refractivity contribution in [3.05, 3.63) is 86.1 Å². The van der Waals surface area contributed by atoms with Gasteiger partial charge in [-0.25, -0.2) is 13.2 Å². The molecule has 0 spiro atoms. The lowest BCUT2D eigenvalue weighted by Crippen LogP contribution is -2.28. The standard InChI is InChI=1S/C24H17BrF5NO3S/c1-10-11(2)23(16(33-3)9-14(10)25)31-15-6-5-13(8-12(15)4-7-17(31)32)35-34-24-21(29)19(27)18(26)20(28)22(24)30/h4-11H,1-3H3. The number of hydrogen-bond donors (Lipinski definition) is 0. The molecular weight excluding hydrogens is 557 g/mol. The third-order valence-corrected chi connectivity index (χ3v) is 7.50. The minimum absolute atomic E-state index is 0.0792. The summed E-state index contributed by atoms with van der Waals surface area (Å²) in [5.74, 6) is -11.5. The van der Waals surface area contributed by atoms with Crippen molar-refractivity contribution in [2.75, 3.05) is 7.11 Å². The number of benzene rings is 2. The van der Waals surface area contributed by atoms with Crippen molar-refractivity contribution in [2.24, 2.45) is 11.8 Å². The normalized spacial score (nSPS) is 18.1. The maximum atomic E-state index is 13.9. The third-order valence-electron chi connectivity index (χ3n) is 5.86. The van der Waals surface area contributed by atoms with Crippen LogP contribution in [0.15, 0.2) is 56.3 Å². The molecule has 2 unspecified atom stereocenters. The van der Waals surface area contributed by atoms with Crippen LogP contribution in [0, 0.1) is 40.9 Å². The van der Waals surface area contributed by atoms with Gasteiger partial charge in [0, 0.05) is 26.7 Å². The number of methoxy groups -OCH3 is 1. The monoisotopic (exact) mass is 573 g/mol. The molecule has 184 valence electrons. The molecule has 0 amide bonds. The van der Waals surface area contributed by atoms with Crippen LogP contribution in [-0.4, -0.2) is 11.7 Å². The van der Waals surface area contributed by atoms with Crippen molar-refractivity contribution in [3.63, 3.8) is 0 Å².